The number of rotatable bonds is 3. The molecule has 0 fully saturated rings. The zero-order valence-corrected chi connectivity index (χ0v) is 7.98. The molecule has 6 nitrogen and oxygen atoms in total. The van der Waals surface area contributed by atoms with Crippen molar-refractivity contribution in [3.63, 3.8) is 0 Å². The number of nitrogens with zero attached hydrogens (tertiary/aromatic N) is 1. The van der Waals surface area contributed by atoms with Crippen LogP contribution in [-0.2, 0) is 11.4 Å². The van der Waals surface area contributed by atoms with Gasteiger partial charge < -0.3 is 4.18 Å². The highest BCUT2D eigenvalue weighted by Crippen LogP contribution is 2.23. The Hall–Kier alpha value is -1.47. The van der Waals surface area contributed by atoms with E-state index < -0.39 is 16.3 Å². The van der Waals surface area contributed by atoms with Crippen LogP contribution in [0.4, 0.5) is 5.69 Å². The summed E-state index contributed by atoms with van der Waals surface area (Å²) in [6.07, 6.45) is 0. The number of nitro benzene ring substituents is 1. The molecule has 0 aromatic heterocycles. The predicted molar refractivity (Wildman–Crippen MR) is 49.2 cm³/mol. The van der Waals surface area contributed by atoms with E-state index in [2.05, 4.69) is 4.18 Å². The van der Waals surface area contributed by atoms with Crippen LogP contribution < -0.4 is 4.18 Å². The van der Waals surface area contributed by atoms with E-state index >= 15 is 0 Å². The summed E-state index contributed by atoms with van der Waals surface area (Å²) in [5, 5.41) is 10.5. The quantitative estimate of drug-likeness (QED) is 0.469. The number of aryl methyl sites for hydroxylation is 1. The smallest absolute Gasteiger partial charge is 0.357 e. The summed E-state index contributed by atoms with van der Waals surface area (Å²) in [7, 11) is 0. The standard InChI is InChI=1S/C7H7NO5S/c1-5-2-3-6(13-14(11)12)4-7(5)8(9)10/h2-4H,1H3,(H,11,12). The van der Waals surface area contributed by atoms with Crippen LogP contribution in [0.5, 0.6) is 5.75 Å². The third-order valence-corrected chi connectivity index (χ3v) is 1.88. The number of benzene rings is 1. The van der Waals surface area contributed by atoms with Crippen molar-refractivity contribution >= 4 is 17.0 Å². The van der Waals surface area contributed by atoms with Gasteiger partial charge in [0.2, 0.25) is 0 Å². The van der Waals surface area contributed by atoms with Gasteiger partial charge in [-0.1, -0.05) is 0 Å². The lowest BCUT2D eigenvalue weighted by Gasteiger charge is -2.01. The monoisotopic (exact) mass is 217 g/mol. The van der Waals surface area contributed by atoms with E-state index in [-0.39, 0.29) is 11.4 Å². The van der Waals surface area contributed by atoms with Gasteiger partial charge in [0.15, 0.2) is 0 Å². The molecule has 0 bridgehead atoms. The van der Waals surface area contributed by atoms with E-state index in [1.807, 2.05) is 0 Å². The fourth-order valence-electron chi connectivity index (χ4n) is 0.920. The summed E-state index contributed by atoms with van der Waals surface area (Å²) in [5.74, 6) is -0.0110. The molecule has 1 rings (SSSR count). The Kier molecular flexibility index (Phi) is 3.15. The normalized spacial score (nSPS) is 12.1. The number of hydrogen-bond donors (Lipinski definition) is 1. The van der Waals surface area contributed by atoms with Crippen LogP contribution in [-0.4, -0.2) is 13.7 Å². The molecular weight excluding hydrogens is 210 g/mol. The Morgan fingerprint density at radius 1 is 1.57 bits per heavy atom. The van der Waals surface area contributed by atoms with Gasteiger partial charge in [0.25, 0.3) is 5.69 Å². The molecule has 0 radical (unpaired) electrons. The van der Waals surface area contributed by atoms with Gasteiger partial charge in [-0.15, -0.1) is 0 Å². The van der Waals surface area contributed by atoms with E-state index in [0.29, 0.717) is 5.56 Å². The van der Waals surface area contributed by atoms with Crippen LogP contribution >= 0.6 is 0 Å². The lowest BCUT2D eigenvalue weighted by molar-refractivity contribution is -0.385. The van der Waals surface area contributed by atoms with Gasteiger partial charge in [0.1, 0.15) is 5.75 Å². The molecule has 14 heavy (non-hydrogen) atoms. The molecule has 0 aliphatic heterocycles. The highest BCUT2D eigenvalue weighted by molar-refractivity contribution is 7.74. The Morgan fingerprint density at radius 2 is 2.21 bits per heavy atom. The topological polar surface area (TPSA) is 89.7 Å². The predicted octanol–water partition coefficient (Wildman–Crippen LogP) is 1.42. The summed E-state index contributed by atoms with van der Waals surface area (Å²) in [6, 6.07) is 3.93. The second kappa shape index (κ2) is 4.16. The fourth-order valence-corrected chi connectivity index (χ4v) is 1.19. The lowest BCUT2D eigenvalue weighted by atomic mass is 10.2. The first-order chi connectivity index (χ1) is 6.50. The first-order valence-electron chi connectivity index (χ1n) is 3.55. The van der Waals surface area contributed by atoms with Gasteiger partial charge in [-0.2, -0.15) is 4.21 Å². The second-order valence-corrected chi connectivity index (χ2v) is 3.11. The van der Waals surface area contributed by atoms with E-state index in [4.69, 9.17) is 4.55 Å². The van der Waals surface area contributed by atoms with E-state index in [9.17, 15) is 14.3 Å². The van der Waals surface area contributed by atoms with Gasteiger partial charge in [-0.05, 0) is 19.1 Å². The van der Waals surface area contributed by atoms with Crippen LogP contribution in [0.15, 0.2) is 18.2 Å². The van der Waals surface area contributed by atoms with Crippen molar-refractivity contribution in [2.24, 2.45) is 0 Å². The van der Waals surface area contributed by atoms with Crippen molar-refractivity contribution in [2.75, 3.05) is 0 Å². The van der Waals surface area contributed by atoms with Crippen LogP contribution in [0.25, 0.3) is 0 Å². The van der Waals surface area contributed by atoms with Gasteiger partial charge in [0, 0.05) is 5.56 Å². The van der Waals surface area contributed by atoms with E-state index in [1.165, 1.54) is 12.1 Å². The van der Waals surface area contributed by atoms with Crippen LogP contribution in [0.2, 0.25) is 0 Å². The molecule has 76 valence electrons. The zero-order valence-electron chi connectivity index (χ0n) is 7.17. The maximum Gasteiger partial charge on any atom is 0.357 e. The molecule has 1 aromatic carbocycles. The molecule has 1 aromatic rings. The largest absolute Gasteiger partial charge is 0.380 e. The fraction of sp³-hybridized carbons (Fsp3) is 0.143. The average Bonchev–Trinajstić information content (AvgIpc) is 2.07. The second-order valence-electron chi connectivity index (χ2n) is 2.51. The number of nitro groups is 1. The first-order valence-corrected chi connectivity index (χ1v) is 4.58. The maximum absolute atomic E-state index is 10.5. The van der Waals surface area contributed by atoms with Crippen molar-refractivity contribution < 1.29 is 17.9 Å². The van der Waals surface area contributed by atoms with E-state index in [0.717, 1.165) is 6.07 Å². The van der Waals surface area contributed by atoms with Crippen LogP contribution in [0.1, 0.15) is 5.56 Å². The molecule has 0 saturated heterocycles. The SMILES string of the molecule is Cc1ccc(OS(=O)O)cc1[N+](=O)[O-]. The molecule has 0 aliphatic rings. The van der Waals surface area contributed by atoms with E-state index in [1.54, 1.807) is 6.92 Å². The Morgan fingerprint density at radius 3 is 2.71 bits per heavy atom. The van der Waals surface area contributed by atoms with Crippen LogP contribution in [0, 0.1) is 17.0 Å². The molecule has 0 aliphatic carbocycles. The van der Waals surface area contributed by atoms with Crippen molar-refractivity contribution in [3.8, 4) is 5.75 Å². The van der Waals surface area contributed by atoms with Gasteiger partial charge in [0.05, 0.1) is 11.0 Å². The molecule has 0 heterocycles. The molecule has 7 heteroatoms. The van der Waals surface area contributed by atoms with Crippen molar-refractivity contribution in [2.45, 2.75) is 6.92 Å². The van der Waals surface area contributed by atoms with Gasteiger partial charge >= 0.3 is 11.4 Å². The minimum absolute atomic E-state index is 0.0110. The van der Waals surface area contributed by atoms with Gasteiger partial charge in [-0.25, -0.2) is 0 Å². The maximum atomic E-state index is 10.5. The average molecular weight is 217 g/mol. The van der Waals surface area contributed by atoms with Gasteiger partial charge in [-0.3, -0.25) is 14.7 Å². The van der Waals surface area contributed by atoms with Crippen molar-refractivity contribution in [3.05, 3.63) is 33.9 Å². The summed E-state index contributed by atoms with van der Waals surface area (Å²) in [4.78, 5) is 9.89. The molecule has 0 amide bonds. The Bertz CT molecular complexity index is 392. The molecule has 1 unspecified atom stereocenters. The molecule has 0 saturated carbocycles. The summed E-state index contributed by atoms with van der Waals surface area (Å²) < 4.78 is 23.0. The van der Waals surface area contributed by atoms with Crippen molar-refractivity contribution in [1.82, 2.24) is 0 Å². The molecule has 1 atom stereocenters. The highest BCUT2D eigenvalue weighted by Gasteiger charge is 2.12. The summed E-state index contributed by atoms with van der Waals surface area (Å²) >= 11 is -2.47. The summed E-state index contributed by atoms with van der Waals surface area (Å²) in [6.45, 7) is 1.57. The Labute approximate surface area is 82.1 Å². The third-order valence-electron chi connectivity index (χ3n) is 1.54. The zero-order chi connectivity index (χ0) is 10.7. The third kappa shape index (κ3) is 2.51. The van der Waals surface area contributed by atoms with Crippen molar-refractivity contribution in [1.29, 1.82) is 0 Å². The Balaban J connectivity index is 3.06. The number of hydrogen-bond acceptors (Lipinski definition) is 4. The molecular formula is C7H7NO5S. The molecule has 1 N–H and O–H groups in total. The first kappa shape index (κ1) is 10.6. The minimum atomic E-state index is -2.47. The summed E-state index contributed by atoms with van der Waals surface area (Å²) in [5.41, 5.74) is 0.319. The lowest BCUT2D eigenvalue weighted by Crippen LogP contribution is -1.99. The van der Waals surface area contributed by atoms with Crippen LogP contribution in [0.3, 0.4) is 0 Å². The minimum Gasteiger partial charge on any atom is -0.380 e. The molecule has 0 spiro atoms. The highest BCUT2D eigenvalue weighted by atomic mass is 32.2.